The van der Waals surface area contributed by atoms with Crippen molar-refractivity contribution in [3.8, 4) is 0 Å². The Morgan fingerprint density at radius 1 is 1.25 bits per heavy atom. The maximum absolute atomic E-state index is 12.7. The van der Waals surface area contributed by atoms with Crippen LogP contribution in [0.2, 0.25) is 0 Å². The lowest BCUT2D eigenvalue weighted by molar-refractivity contribution is 0.0422. The lowest BCUT2D eigenvalue weighted by Gasteiger charge is -2.16. The summed E-state index contributed by atoms with van der Waals surface area (Å²) in [6.45, 7) is 1.79. The number of carbonyl (C=O) groups is 1. The summed E-state index contributed by atoms with van der Waals surface area (Å²) in [5.41, 5.74) is 2.38. The molecule has 1 amide bonds. The minimum Gasteiger partial charge on any atom is -0.370 e. The third-order valence-electron chi connectivity index (χ3n) is 4.28. The molecule has 0 N–H and O–H groups in total. The van der Waals surface area contributed by atoms with Crippen LogP contribution in [-0.2, 0) is 11.3 Å². The van der Waals surface area contributed by atoms with Crippen LogP contribution < -0.4 is 0 Å². The largest absolute Gasteiger partial charge is 0.370 e. The maximum Gasteiger partial charge on any atom is 0.257 e. The summed E-state index contributed by atoms with van der Waals surface area (Å²) < 4.78 is 7.62. The van der Waals surface area contributed by atoms with Gasteiger partial charge in [0.05, 0.1) is 35.7 Å². The number of amides is 1. The number of carbonyl (C=O) groups excluding carboxylic acids is 1. The number of hydrogen-bond donors (Lipinski definition) is 0. The molecule has 0 saturated carbocycles. The first-order valence-corrected chi connectivity index (χ1v) is 8.04. The molecule has 0 bridgehead atoms. The fraction of sp³-hybridized carbons (Fsp3) is 0.278. The minimum atomic E-state index is 0.0140. The fourth-order valence-corrected chi connectivity index (χ4v) is 3.01. The van der Waals surface area contributed by atoms with Crippen molar-refractivity contribution in [1.29, 1.82) is 0 Å². The summed E-state index contributed by atoms with van der Waals surface area (Å²) in [4.78, 5) is 18.8. The first-order valence-electron chi connectivity index (χ1n) is 8.04. The molecule has 1 atom stereocenters. The molecule has 4 heterocycles. The van der Waals surface area contributed by atoms with Crippen molar-refractivity contribution in [3.63, 3.8) is 0 Å². The molecule has 122 valence electrons. The molecule has 6 nitrogen and oxygen atoms in total. The van der Waals surface area contributed by atoms with Gasteiger partial charge in [-0.2, -0.15) is 5.10 Å². The summed E-state index contributed by atoms with van der Waals surface area (Å²) in [6.07, 6.45) is 6.14. The number of rotatable bonds is 4. The number of hydrogen-bond acceptors (Lipinski definition) is 4. The van der Waals surface area contributed by atoms with Crippen molar-refractivity contribution in [3.05, 3.63) is 66.2 Å². The summed E-state index contributed by atoms with van der Waals surface area (Å²) in [7, 11) is 0. The van der Waals surface area contributed by atoms with Gasteiger partial charge in [0, 0.05) is 25.5 Å². The Balaban J connectivity index is 1.40. The van der Waals surface area contributed by atoms with E-state index in [0.717, 1.165) is 17.6 Å². The van der Waals surface area contributed by atoms with Gasteiger partial charge < -0.3 is 9.64 Å². The van der Waals surface area contributed by atoms with Crippen LogP contribution in [-0.4, -0.2) is 44.6 Å². The summed E-state index contributed by atoms with van der Waals surface area (Å²) in [6, 6.07) is 11.5. The Labute approximate surface area is 139 Å². The Hall–Kier alpha value is -2.73. The number of aromatic nitrogens is 3. The molecule has 0 aromatic carbocycles. The molecule has 0 radical (unpaired) electrons. The van der Waals surface area contributed by atoms with E-state index in [1.165, 1.54) is 0 Å². The highest BCUT2D eigenvalue weighted by Gasteiger charge is 2.29. The number of ether oxygens (including phenoxy) is 1. The van der Waals surface area contributed by atoms with E-state index < -0.39 is 0 Å². The number of nitrogens with zero attached hydrogens (tertiary/aromatic N) is 4. The van der Waals surface area contributed by atoms with E-state index in [-0.39, 0.29) is 12.0 Å². The van der Waals surface area contributed by atoms with E-state index >= 15 is 0 Å². The first kappa shape index (κ1) is 14.8. The van der Waals surface area contributed by atoms with E-state index in [1.54, 1.807) is 16.9 Å². The van der Waals surface area contributed by atoms with Crippen molar-refractivity contribution in [2.75, 3.05) is 13.1 Å². The van der Waals surface area contributed by atoms with Gasteiger partial charge in [-0.1, -0.05) is 12.1 Å². The molecular weight excluding hydrogens is 304 g/mol. The van der Waals surface area contributed by atoms with E-state index in [1.807, 2.05) is 47.5 Å². The van der Waals surface area contributed by atoms with Crippen LogP contribution in [0.15, 0.2) is 55.0 Å². The fourth-order valence-electron chi connectivity index (χ4n) is 3.01. The predicted molar refractivity (Wildman–Crippen MR) is 88.5 cm³/mol. The van der Waals surface area contributed by atoms with Crippen LogP contribution in [0.1, 0.15) is 22.5 Å². The molecule has 3 aromatic rings. The second-order valence-electron chi connectivity index (χ2n) is 5.88. The van der Waals surface area contributed by atoms with Crippen molar-refractivity contribution in [1.82, 2.24) is 19.5 Å². The van der Waals surface area contributed by atoms with Gasteiger partial charge >= 0.3 is 0 Å². The zero-order chi connectivity index (χ0) is 16.4. The molecule has 0 aliphatic carbocycles. The van der Waals surface area contributed by atoms with E-state index in [0.29, 0.717) is 25.3 Å². The number of fused-ring (bicyclic) bond motifs is 1. The van der Waals surface area contributed by atoms with Crippen LogP contribution in [0.4, 0.5) is 0 Å². The zero-order valence-corrected chi connectivity index (χ0v) is 13.2. The third-order valence-corrected chi connectivity index (χ3v) is 4.28. The van der Waals surface area contributed by atoms with Crippen LogP contribution >= 0.6 is 0 Å². The molecule has 4 rings (SSSR count). The predicted octanol–water partition coefficient (Wildman–Crippen LogP) is 2.16. The average molecular weight is 322 g/mol. The number of likely N-dealkylation sites (tertiary alicyclic amines) is 1. The maximum atomic E-state index is 12.7. The highest BCUT2D eigenvalue weighted by molar-refractivity contribution is 6.00. The summed E-state index contributed by atoms with van der Waals surface area (Å²) in [5, 5.41) is 4.24. The first-order chi connectivity index (χ1) is 11.8. The molecule has 1 aliphatic heterocycles. The number of pyridine rings is 2. The molecular formula is C18H18N4O2. The molecule has 1 fully saturated rings. The van der Waals surface area contributed by atoms with Crippen LogP contribution in [0.3, 0.4) is 0 Å². The van der Waals surface area contributed by atoms with Gasteiger partial charge in [0.1, 0.15) is 0 Å². The minimum absolute atomic E-state index is 0.0140. The molecule has 0 spiro atoms. The summed E-state index contributed by atoms with van der Waals surface area (Å²) >= 11 is 0. The summed E-state index contributed by atoms with van der Waals surface area (Å²) in [5.74, 6) is 0.0140. The lowest BCUT2D eigenvalue weighted by Crippen LogP contribution is -2.30. The van der Waals surface area contributed by atoms with Gasteiger partial charge in [-0.15, -0.1) is 0 Å². The third kappa shape index (κ3) is 2.88. The molecule has 1 aliphatic rings. The Morgan fingerprint density at radius 2 is 2.17 bits per heavy atom. The van der Waals surface area contributed by atoms with Gasteiger partial charge in [0.25, 0.3) is 5.91 Å². The second-order valence-corrected chi connectivity index (χ2v) is 5.88. The smallest absolute Gasteiger partial charge is 0.257 e. The van der Waals surface area contributed by atoms with Crippen molar-refractivity contribution >= 4 is 11.4 Å². The van der Waals surface area contributed by atoms with Gasteiger partial charge in [-0.3, -0.25) is 9.78 Å². The quantitative estimate of drug-likeness (QED) is 0.738. The van der Waals surface area contributed by atoms with E-state index in [9.17, 15) is 4.79 Å². The Bertz CT molecular complexity index is 846. The highest BCUT2D eigenvalue weighted by atomic mass is 16.5. The normalized spacial score (nSPS) is 17.5. The second kappa shape index (κ2) is 6.41. The monoisotopic (exact) mass is 322 g/mol. The van der Waals surface area contributed by atoms with Gasteiger partial charge in [-0.05, 0) is 30.7 Å². The van der Waals surface area contributed by atoms with Crippen molar-refractivity contribution in [2.24, 2.45) is 0 Å². The van der Waals surface area contributed by atoms with Crippen LogP contribution in [0.25, 0.3) is 5.52 Å². The van der Waals surface area contributed by atoms with Crippen molar-refractivity contribution < 1.29 is 9.53 Å². The zero-order valence-electron chi connectivity index (χ0n) is 13.2. The SMILES string of the molecule is O=C(c1cnn2ccccc12)N1CCC(OCc2ccccn2)C1. The molecule has 6 heteroatoms. The van der Waals surface area contributed by atoms with Crippen LogP contribution in [0.5, 0.6) is 0 Å². The Morgan fingerprint density at radius 3 is 3.04 bits per heavy atom. The average Bonchev–Trinajstić information content (AvgIpc) is 3.27. The molecule has 1 unspecified atom stereocenters. The van der Waals surface area contributed by atoms with Crippen LogP contribution in [0, 0.1) is 0 Å². The van der Waals surface area contributed by atoms with Gasteiger partial charge in [-0.25, -0.2) is 4.52 Å². The molecule has 24 heavy (non-hydrogen) atoms. The molecule has 3 aromatic heterocycles. The highest BCUT2D eigenvalue weighted by Crippen LogP contribution is 2.19. The topological polar surface area (TPSA) is 59.7 Å². The van der Waals surface area contributed by atoms with Crippen molar-refractivity contribution in [2.45, 2.75) is 19.1 Å². The standard InChI is InChI=1S/C18H18N4O2/c23-18(16-11-20-22-9-4-2-6-17(16)22)21-10-7-15(12-21)24-13-14-5-1-3-8-19-14/h1-6,8-9,11,15H,7,10,12-13H2. The Kier molecular flexibility index (Phi) is 3.96. The van der Waals surface area contributed by atoms with Gasteiger partial charge in [0.15, 0.2) is 0 Å². The lowest BCUT2D eigenvalue weighted by atomic mass is 10.2. The van der Waals surface area contributed by atoms with Gasteiger partial charge in [0.2, 0.25) is 0 Å². The molecule has 1 saturated heterocycles. The van der Waals surface area contributed by atoms with E-state index in [2.05, 4.69) is 10.1 Å². The van der Waals surface area contributed by atoms with E-state index in [4.69, 9.17) is 4.74 Å².